The molecule has 3 rings (SSSR count). The summed E-state index contributed by atoms with van der Waals surface area (Å²) in [5, 5.41) is 0.405. The molecule has 150 valence electrons. The van der Waals surface area contributed by atoms with Crippen LogP contribution in [0.3, 0.4) is 0 Å². The number of carbonyl (C=O) groups is 1. The minimum Gasteiger partial charge on any atom is -0.457 e. The number of ether oxygens (including phenoxy) is 2. The van der Waals surface area contributed by atoms with E-state index in [9.17, 15) is 13.2 Å². The number of rotatable bonds is 5. The fourth-order valence-corrected chi connectivity index (χ4v) is 4.68. The first-order valence-corrected chi connectivity index (χ1v) is 10.6. The highest BCUT2D eigenvalue weighted by Gasteiger charge is 2.26. The van der Waals surface area contributed by atoms with E-state index in [2.05, 4.69) is 0 Å². The van der Waals surface area contributed by atoms with E-state index in [0.29, 0.717) is 31.9 Å². The van der Waals surface area contributed by atoms with E-state index in [1.807, 2.05) is 0 Å². The molecule has 2 aromatic rings. The van der Waals surface area contributed by atoms with Gasteiger partial charge in [-0.15, -0.1) is 0 Å². The largest absolute Gasteiger partial charge is 0.457 e. The Labute approximate surface area is 173 Å². The highest BCUT2D eigenvalue weighted by molar-refractivity contribution is 7.89. The predicted octanol–water partition coefficient (Wildman–Crippen LogP) is 2.95. The van der Waals surface area contributed by atoms with Crippen LogP contribution in [0.4, 0.5) is 5.69 Å². The summed E-state index contributed by atoms with van der Waals surface area (Å²) in [5.41, 5.74) is 6.44. The predicted molar refractivity (Wildman–Crippen MR) is 106 cm³/mol. The third kappa shape index (κ3) is 4.59. The van der Waals surface area contributed by atoms with Gasteiger partial charge in [-0.05, 0) is 29.8 Å². The fraction of sp³-hybridized carbons (Fsp3) is 0.278. The smallest absolute Gasteiger partial charge is 0.340 e. The lowest BCUT2D eigenvalue weighted by atomic mass is 10.2. The second kappa shape index (κ2) is 8.67. The van der Waals surface area contributed by atoms with Gasteiger partial charge >= 0.3 is 5.97 Å². The molecule has 28 heavy (non-hydrogen) atoms. The van der Waals surface area contributed by atoms with Crippen molar-refractivity contribution in [2.75, 3.05) is 32.0 Å². The maximum Gasteiger partial charge on any atom is 0.340 e. The van der Waals surface area contributed by atoms with Gasteiger partial charge in [0.2, 0.25) is 10.0 Å². The summed E-state index contributed by atoms with van der Waals surface area (Å²) in [5.74, 6) is -0.705. The number of sulfonamides is 1. The fourth-order valence-electron chi connectivity index (χ4n) is 2.71. The molecule has 10 heteroatoms. The first kappa shape index (κ1) is 20.9. The average Bonchev–Trinajstić information content (AvgIpc) is 2.69. The minimum atomic E-state index is -3.64. The van der Waals surface area contributed by atoms with Crippen molar-refractivity contribution in [3.8, 4) is 0 Å². The Morgan fingerprint density at radius 3 is 2.61 bits per heavy atom. The van der Waals surface area contributed by atoms with E-state index in [-0.39, 0.29) is 32.8 Å². The van der Waals surface area contributed by atoms with E-state index < -0.39 is 16.0 Å². The van der Waals surface area contributed by atoms with E-state index in [4.69, 9.17) is 38.4 Å². The van der Waals surface area contributed by atoms with Crippen molar-refractivity contribution in [2.45, 2.75) is 11.5 Å². The van der Waals surface area contributed by atoms with Gasteiger partial charge in [-0.25, -0.2) is 13.2 Å². The van der Waals surface area contributed by atoms with Crippen LogP contribution in [0.2, 0.25) is 10.0 Å². The van der Waals surface area contributed by atoms with Gasteiger partial charge in [-0.2, -0.15) is 4.31 Å². The topological polar surface area (TPSA) is 98.9 Å². The molecule has 7 nitrogen and oxygen atoms in total. The number of carbonyl (C=O) groups excluding carboxylic acids is 1. The summed E-state index contributed by atoms with van der Waals surface area (Å²) in [4.78, 5) is 12.4. The average molecular weight is 445 g/mol. The molecule has 1 aliphatic rings. The van der Waals surface area contributed by atoms with Crippen LogP contribution in [0.5, 0.6) is 0 Å². The lowest BCUT2D eigenvalue weighted by molar-refractivity contribution is 0.0473. The first-order valence-electron chi connectivity index (χ1n) is 8.37. The standard InChI is InChI=1S/C18H18Cl2N2O5S/c19-13-9-15(17(21)16(20)10-13)18(23)27-11-12-2-1-3-14(8-12)28(24,25)22-4-6-26-7-5-22/h1-3,8-10H,4-7,11,21H2. The number of hydrogen-bond acceptors (Lipinski definition) is 6. The number of esters is 1. The lowest BCUT2D eigenvalue weighted by Crippen LogP contribution is -2.40. The van der Waals surface area contributed by atoms with E-state index in [1.54, 1.807) is 12.1 Å². The zero-order valence-corrected chi connectivity index (χ0v) is 17.1. The third-order valence-corrected chi connectivity index (χ3v) is 6.62. The normalized spacial score (nSPS) is 15.4. The minimum absolute atomic E-state index is 0.0505. The molecule has 0 aliphatic carbocycles. The van der Waals surface area contributed by atoms with Crippen LogP contribution >= 0.6 is 23.2 Å². The number of nitrogens with two attached hydrogens (primary N) is 1. The van der Waals surface area contributed by atoms with Crippen LogP contribution in [0.1, 0.15) is 15.9 Å². The van der Waals surface area contributed by atoms with Gasteiger partial charge in [-0.1, -0.05) is 35.3 Å². The SMILES string of the molecule is Nc1c(Cl)cc(Cl)cc1C(=O)OCc1cccc(S(=O)(=O)N2CCOCC2)c1. The molecule has 1 heterocycles. The Kier molecular flexibility index (Phi) is 6.47. The third-order valence-electron chi connectivity index (χ3n) is 4.19. The second-order valence-corrected chi connectivity index (χ2v) is 8.87. The molecule has 0 unspecified atom stereocenters. The molecule has 0 aromatic heterocycles. The van der Waals surface area contributed by atoms with E-state index in [0.717, 1.165) is 0 Å². The van der Waals surface area contributed by atoms with Crippen molar-refractivity contribution >= 4 is 44.9 Å². The number of hydrogen-bond donors (Lipinski definition) is 1. The first-order chi connectivity index (χ1) is 13.3. The second-order valence-electron chi connectivity index (χ2n) is 6.09. The Hall–Kier alpha value is -1.84. The molecule has 2 N–H and O–H groups in total. The van der Waals surface area contributed by atoms with Crippen LogP contribution in [0, 0.1) is 0 Å². The summed E-state index contributed by atoms with van der Waals surface area (Å²) in [7, 11) is -3.64. The number of nitrogens with zero attached hydrogens (tertiary/aromatic N) is 1. The van der Waals surface area contributed by atoms with Gasteiger partial charge in [-0.3, -0.25) is 0 Å². The van der Waals surface area contributed by atoms with Gasteiger partial charge in [0, 0.05) is 18.1 Å². The van der Waals surface area contributed by atoms with Gasteiger partial charge in [0.15, 0.2) is 0 Å². The number of nitrogen functional groups attached to an aromatic ring is 1. The summed E-state index contributed by atoms with van der Waals surface area (Å²) in [6.07, 6.45) is 0. The van der Waals surface area contributed by atoms with E-state index >= 15 is 0 Å². The maximum atomic E-state index is 12.7. The lowest BCUT2D eigenvalue weighted by Gasteiger charge is -2.26. The number of benzene rings is 2. The maximum absolute atomic E-state index is 12.7. The summed E-state index contributed by atoms with van der Waals surface area (Å²) < 4.78 is 37.3. The molecule has 0 amide bonds. The Bertz CT molecular complexity index is 991. The van der Waals surface area contributed by atoms with Crippen LogP contribution in [-0.4, -0.2) is 45.0 Å². The Morgan fingerprint density at radius 1 is 1.18 bits per heavy atom. The van der Waals surface area contributed by atoms with Crippen LogP contribution in [0.15, 0.2) is 41.3 Å². The Balaban J connectivity index is 1.74. The molecule has 0 saturated carbocycles. The van der Waals surface area contributed by atoms with Crippen molar-refractivity contribution in [3.05, 3.63) is 57.6 Å². The zero-order chi connectivity index (χ0) is 20.3. The van der Waals surface area contributed by atoms with Gasteiger partial charge in [0.25, 0.3) is 0 Å². The monoisotopic (exact) mass is 444 g/mol. The highest BCUT2D eigenvalue weighted by Crippen LogP contribution is 2.28. The Morgan fingerprint density at radius 2 is 1.89 bits per heavy atom. The van der Waals surface area contributed by atoms with Crippen molar-refractivity contribution in [2.24, 2.45) is 0 Å². The summed E-state index contributed by atoms with van der Waals surface area (Å²) in [6, 6.07) is 9.04. The van der Waals surface area contributed by atoms with Crippen molar-refractivity contribution in [1.29, 1.82) is 0 Å². The molecule has 1 aliphatic heterocycles. The molecular formula is C18H18Cl2N2O5S. The van der Waals surface area contributed by atoms with Gasteiger partial charge in [0.05, 0.1) is 34.4 Å². The molecule has 0 spiro atoms. The number of anilines is 1. The van der Waals surface area contributed by atoms with Gasteiger partial charge in [0.1, 0.15) is 6.61 Å². The molecule has 0 atom stereocenters. The number of morpholine rings is 1. The molecular weight excluding hydrogens is 427 g/mol. The number of halogens is 2. The highest BCUT2D eigenvalue weighted by atomic mass is 35.5. The van der Waals surface area contributed by atoms with Gasteiger partial charge < -0.3 is 15.2 Å². The quantitative estimate of drug-likeness (QED) is 0.561. The molecule has 2 aromatic carbocycles. The van der Waals surface area contributed by atoms with Crippen molar-refractivity contribution < 1.29 is 22.7 Å². The van der Waals surface area contributed by atoms with E-state index in [1.165, 1.54) is 28.6 Å². The summed E-state index contributed by atoms with van der Waals surface area (Å²) >= 11 is 11.8. The zero-order valence-electron chi connectivity index (χ0n) is 14.7. The van der Waals surface area contributed by atoms with Crippen LogP contribution < -0.4 is 5.73 Å². The van der Waals surface area contributed by atoms with Crippen LogP contribution in [-0.2, 0) is 26.1 Å². The van der Waals surface area contributed by atoms with Crippen molar-refractivity contribution in [1.82, 2.24) is 4.31 Å². The molecule has 0 bridgehead atoms. The van der Waals surface area contributed by atoms with Crippen LogP contribution in [0.25, 0.3) is 0 Å². The molecule has 1 fully saturated rings. The summed E-state index contributed by atoms with van der Waals surface area (Å²) in [6.45, 7) is 1.20. The van der Waals surface area contributed by atoms with Crippen molar-refractivity contribution in [3.63, 3.8) is 0 Å². The molecule has 1 saturated heterocycles. The molecule has 0 radical (unpaired) electrons.